The molecule has 1 heterocycles. The maximum atomic E-state index is 11.3. The van der Waals surface area contributed by atoms with Gasteiger partial charge in [0, 0.05) is 34.4 Å². The molecule has 4 heteroatoms. The zero-order valence-electron chi connectivity index (χ0n) is 12.3. The SMILES string of the molecule is CCN(CC)CCCC(C)NC1CCS(=O)CC1. The Morgan fingerprint density at radius 2 is 1.89 bits per heavy atom. The third-order valence-electron chi connectivity index (χ3n) is 3.91. The lowest BCUT2D eigenvalue weighted by atomic mass is 10.1. The van der Waals surface area contributed by atoms with Gasteiger partial charge in [0.25, 0.3) is 0 Å². The molecule has 108 valence electrons. The minimum absolute atomic E-state index is 0.536. The fourth-order valence-corrected chi connectivity index (χ4v) is 3.91. The molecule has 1 fully saturated rings. The number of hydrogen-bond acceptors (Lipinski definition) is 3. The molecule has 1 aliphatic heterocycles. The summed E-state index contributed by atoms with van der Waals surface area (Å²) in [6, 6.07) is 1.20. The van der Waals surface area contributed by atoms with E-state index in [1.807, 2.05) is 0 Å². The fraction of sp³-hybridized carbons (Fsp3) is 1.00. The first-order chi connectivity index (χ1) is 8.65. The van der Waals surface area contributed by atoms with Gasteiger partial charge >= 0.3 is 0 Å². The number of nitrogens with one attached hydrogen (secondary N) is 1. The van der Waals surface area contributed by atoms with E-state index in [1.165, 1.54) is 19.4 Å². The Balaban J connectivity index is 2.09. The van der Waals surface area contributed by atoms with Crippen LogP contribution in [0.5, 0.6) is 0 Å². The van der Waals surface area contributed by atoms with Crippen molar-refractivity contribution >= 4 is 10.8 Å². The van der Waals surface area contributed by atoms with Crippen molar-refractivity contribution in [3.05, 3.63) is 0 Å². The topological polar surface area (TPSA) is 32.3 Å². The van der Waals surface area contributed by atoms with Gasteiger partial charge < -0.3 is 10.2 Å². The van der Waals surface area contributed by atoms with Gasteiger partial charge in [0.1, 0.15) is 0 Å². The highest BCUT2D eigenvalue weighted by Gasteiger charge is 2.18. The standard InChI is InChI=1S/C14H30N2OS/c1-4-16(5-2)10-6-7-13(3)15-14-8-11-18(17)12-9-14/h13-15H,4-12H2,1-3H3. The highest BCUT2D eigenvalue weighted by Crippen LogP contribution is 2.11. The molecule has 1 aliphatic rings. The molecule has 0 saturated carbocycles. The summed E-state index contributed by atoms with van der Waals surface area (Å²) in [5.41, 5.74) is 0. The van der Waals surface area contributed by atoms with Crippen molar-refractivity contribution in [3.63, 3.8) is 0 Å². The molecule has 0 aromatic rings. The van der Waals surface area contributed by atoms with E-state index in [2.05, 4.69) is 31.0 Å². The quantitative estimate of drug-likeness (QED) is 0.735. The van der Waals surface area contributed by atoms with E-state index in [4.69, 9.17) is 0 Å². The van der Waals surface area contributed by atoms with E-state index in [-0.39, 0.29) is 0 Å². The molecule has 1 rings (SSSR count). The molecule has 0 amide bonds. The molecule has 0 spiro atoms. The predicted molar refractivity (Wildman–Crippen MR) is 80.5 cm³/mol. The molecule has 3 nitrogen and oxygen atoms in total. The molecule has 0 aromatic heterocycles. The minimum atomic E-state index is -0.536. The van der Waals surface area contributed by atoms with Gasteiger partial charge in [-0.05, 0) is 52.2 Å². The Hall–Kier alpha value is 0.0700. The van der Waals surface area contributed by atoms with Gasteiger partial charge in [-0.25, -0.2) is 0 Å². The Bertz CT molecular complexity index is 234. The summed E-state index contributed by atoms with van der Waals surface area (Å²) in [6.45, 7) is 10.3. The summed E-state index contributed by atoms with van der Waals surface area (Å²) in [6.07, 6.45) is 4.70. The molecule has 0 aromatic carbocycles. The van der Waals surface area contributed by atoms with Crippen LogP contribution in [0.25, 0.3) is 0 Å². The maximum absolute atomic E-state index is 11.3. The van der Waals surface area contributed by atoms with Crippen LogP contribution in [0.2, 0.25) is 0 Å². The minimum Gasteiger partial charge on any atom is -0.311 e. The van der Waals surface area contributed by atoms with Crippen molar-refractivity contribution in [1.29, 1.82) is 0 Å². The second-order valence-corrected chi connectivity index (χ2v) is 7.06. The van der Waals surface area contributed by atoms with Gasteiger partial charge in [-0.1, -0.05) is 13.8 Å². The van der Waals surface area contributed by atoms with E-state index in [1.54, 1.807) is 0 Å². The van der Waals surface area contributed by atoms with Gasteiger partial charge in [-0.15, -0.1) is 0 Å². The Labute approximate surface area is 115 Å². The van der Waals surface area contributed by atoms with E-state index < -0.39 is 10.8 Å². The lowest BCUT2D eigenvalue weighted by Gasteiger charge is -2.27. The lowest BCUT2D eigenvalue weighted by molar-refractivity contribution is 0.286. The molecule has 0 bridgehead atoms. The van der Waals surface area contributed by atoms with Crippen molar-refractivity contribution in [3.8, 4) is 0 Å². The second-order valence-electron chi connectivity index (χ2n) is 5.36. The molecule has 1 saturated heterocycles. The maximum Gasteiger partial charge on any atom is 0.0249 e. The summed E-state index contributed by atoms with van der Waals surface area (Å²) in [7, 11) is -0.536. The third-order valence-corrected chi connectivity index (χ3v) is 5.30. The van der Waals surface area contributed by atoms with Crippen LogP contribution < -0.4 is 5.32 Å². The van der Waals surface area contributed by atoms with Crippen LogP contribution in [-0.4, -0.2) is 52.3 Å². The van der Waals surface area contributed by atoms with Crippen LogP contribution in [0, 0.1) is 0 Å². The summed E-state index contributed by atoms with van der Waals surface area (Å²) in [5, 5.41) is 3.70. The zero-order valence-corrected chi connectivity index (χ0v) is 13.1. The van der Waals surface area contributed by atoms with Crippen molar-refractivity contribution in [2.45, 2.75) is 58.5 Å². The van der Waals surface area contributed by atoms with Crippen LogP contribution in [-0.2, 0) is 10.8 Å². The first-order valence-corrected chi connectivity index (χ1v) is 8.97. The van der Waals surface area contributed by atoms with E-state index in [9.17, 15) is 4.21 Å². The van der Waals surface area contributed by atoms with Crippen LogP contribution >= 0.6 is 0 Å². The van der Waals surface area contributed by atoms with Crippen LogP contribution in [0.1, 0.15) is 46.5 Å². The zero-order chi connectivity index (χ0) is 13.4. The first-order valence-electron chi connectivity index (χ1n) is 7.49. The van der Waals surface area contributed by atoms with E-state index in [0.29, 0.717) is 12.1 Å². The van der Waals surface area contributed by atoms with Crippen LogP contribution in [0.4, 0.5) is 0 Å². The normalized spacial score (nSPS) is 26.4. The highest BCUT2D eigenvalue weighted by atomic mass is 32.2. The molecular formula is C14H30N2OS. The number of nitrogens with zero attached hydrogens (tertiary/aromatic N) is 1. The molecule has 1 unspecified atom stereocenters. The second kappa shape index (κ2) is 9.05. The van der Waals surface area contributed by atoms with Crippen molar-refractivity contribution in [2.24, 2.45) is 0 Å². The summed E-state index contributed by atoms with van der Waals surface area (Å²) >= 11 is 0. The van der Waals surface area contributed by atoms with Gasteiger partial charge in [-0.3, -0.25) is 4.21 Å². The third kappa shape index (κ3) is 6.30. The summed E-state index contributed by atoms with van der Waals surface area (Å²) < 4.78 is 11.3. The molecular weight excluding hydrogens is 244 g/mol. The number of rotatable bonds is 8. The molecule has 1 atom stereocenters. The van der Waals surface area contributed by atoms with Crippen molar-refractivity contribution < 1.29 is 4.21 Å². The average Bonchev–Trinajstić information content (AvgIpc) is 2.37. The summed E-state index contributed by atoms with van der Waals surface area (Å²) in [4.78, 5) is 2.48. The van der Waals surface area contributed by atoms with Gasteiger partial charge in [0.05, 0.1) is 0 Å². The average molecular weight is 274 g/mol. The van der Waals surface area contributed by atoms with Crippen LogP contribution in [0.3, 0.4) is 0 Å². The monoisotopic (exact) mass is 274 g/mol. The summed E-state index contributed by atoms with van der Waals surface area (Å²) in [5.74, 6) is 1.79. The Kier molecular flexibility index (Phi) is 8.11. The van der Waals surface area contributed by atoms with E-state index in [0.717, 1.165) is 37.4 Å². The molecule has 0 radical (unpaired) electrons. The smallest absolute Gasteiger partial charge is 0.0249 e. The van der Waals surface area contributed by atoms with Crippen LogP contribution in [0.15, 0.2) is 0 Å². The highest BCUT2D eigenvalue weighted by molar-refractivity contribution is 7.85. The Morgan fingerprint density at radius 3 is 2.44 bits per heavy atom. The van der Waals surface area contributed by atoms with Gasteiger partial charge in [-0.2, -0.15) is 0 Å². The predicted octanol–water partition coefficient (Wildman–Crippen LogP) is 2.00. The van der Waals surface area contributed by atoms with Crippen molar-refractivity contribution in [2.75, 3.05) is 31.1 Å². The van der Waals surface area contributed by atoms with Gasteiger partial charge in [0.15, 0.2) is 0 Å². The largest absolute Gasteiger partial charge is 0.311 e. The molecule has 0 aliphatic carbocycles. The van der Waals surface area contributed by atoms with Crippen molar-refractivity contribution in [1.82, 2.24) is 10.2 Å². The molecule has 1 N–H and O–H groups in total. The van der Waals surface area contributed by atoms with E-state index >= 15 is 0 Å². The van der Waals surface area contributed by atoms with Gasteiger partial charge in [0.2, 0.25) is 0 Å². The molecule has 18 heavy (non-hydrogen) atoms. The lowest BCUT2D eigenvalue weighted by Crippen LogP contribution is -2.41. The Morgan fingerprint density at radius 1 is 1.28 bits per heavy atom. The first kappa shape index (κ1) is 16.1. The fourth-order valence-electron chi connectivity index (χ4n) is 2.61. The number of hydrogen-bond donors (Lipinski definition) is 1.